The van der Waals surface area contributed by atoms with Crippen LogP contribution in [0.4, 0.5) is 5.69 Å². The summed E-state index contributed by atoms with van der Waals surface area (Å²) in [6, 6.07) is 12.8. The molecule has 0 fully saturated rings. The van der Waals surface area contributed by atoms with Crippen molar-refractivity contribution in [1.29, 1.82) is 0 Å². The third kappa shape index (κ3) is 3.05. The molecular formula is C21H18BrNO5. The number of ether oxygens (including phenoxy) is 3. The second kappa shape index (κ2) is 7.31. The summed E-state index contributed by atoms with van der Waals surface area (Å²) in [7, 11) is 3.13. The smallest absolute Gasteiger partial charge is 0.336 e. The van der Waals surface area contributed by atoms with Crippen molar-refractivity contribution in [2.24, 2.45) is 0 Å². The molecule has 2 heterocycles. The molecule has 0 bridgehead atoms. The van der Waals surface area contributed by atoms with Gasteiger partial charge in [0.2, 0.25) is 5.91 Å². The number of halogens is 1. The van der Waals surface area contributed by atoms with E-state index < -0.39 is 11.9 Å². The van der Waals surface area contributed by atoms with Gasteiger partial charge in [0.1, 0.15) is 18.1 Å². The van der Waals surface area contributed by atoms with E-state index in [0.717, 1.165) is 10.0 Å². The van der Waals surface area contributed by atoms with Gasteiger partial charge in [-0.25, -0.2) is 4.79 Å². The SMILES string of the molecule is COc1ccc([C@H]2CC(=O)N(c3ccc(Br)cc3)C3=C2C(=O)OC3)c(OC)c1. The Labute approximate surface area is 170 Å². The molecule has 4 rings (SSSR count). The molecule has 28 heavy (non-hydrogen) atoms. The maximum atomic E-state index is 13.1. The fraction of sp³-hybridized carbons (Fsp3) is 0.238. The monoisotopic (exact) mass is 443 g/mol. The van der Waals surface area contributed by atoms with Crippen molar-refractivity contribution >= 4 is 33.5 Å². The quantitative estimate of drug-likeness (QED) is 0.672. The van der Waals surface area contributed by atoms with Gasteiger partial charge < -0.3 is 14.2 Å². The number of anilines is 1. The lowest BCUT2D eigenvalue weighted by Gasteiger charge is -2.32. The van der Waals surface area contributed by atoms with E-state index in [1.165, 1.54) is 0 Å². The standard InChI is InChI=1S/C21H18BrNO5/c1-26-14-7-8-15(18(9-14)27-2)16-10-19(24)23(13-5-3-12(22)4-6-13)17-11-28-21(25)20(16)17/h3-9,16H,10-11H2,1-2H3/t16-/m1/s1. The highest BCUT2D eigenvalue weighted by molar-refractivity contribution is 9.10. The zero-order valence-corrected chi connectivity index (χ0v) is 17.0. The average Bonchev–Trinajstić information content (AvgIpc) is 3.09. The molecule has 0 aromatic heterocycles. The molecule has 0 saturated carbocycles. The molecule has 7 heteroatoms. The minimum absolute atomic E-state index is 0.0743. The van der Waals surface area contributed by atoms with E-state index in [-0.39, 0.29) is 18.9 Å². The van der Waals surface area contributed by atoms with Crippen molar-refractivity contribution in [2.45, 2.75) is 12.3 Å². The molecule has 2 aliphatic heterocycles. The summed E-state index contributed by atoms with van der Waals surface area (Å²) in [5.41, 5.74) is 2.56. The van der Waals surface area contributed by atoms with Gasteiger partial charge in [0.15, 0.2) is 0 Å². The normalized spacial score (nSPS) is 18.8. The van der Waals surface area contributed by atoms with Crippen LogP contribution in [0.25, 0.3) is 0 Å². The number of nitrogens with zero attached hydrogens (tertiary/aromatic N) is 1. The molecule has 0 unspecified atom stereocenters. The number of rotatable bonds is 4. The number of cyclic esters (lactones) is 1. The molecular weight excluding hydrogens is 426 g/mol. The lowest BCUT2D eigenvalue weighted by Crippen LogP contribution is -2.37. The lowest BCUT2D eigenvalue weighted by atomic mass is 9.83. The van der Waals surface area contributed by atoms with E-state index in [1.807, 2.05) is 30.3 Å². The summed E-state index contributed by atoms with van der Waals surface area (Å²) in [5.74, 6) is 0.294. The van der Waals surface area contributed by atoms with E-state index >= 15 is 0 Å². The number of methoxy groups -OCH3 is 2. The van der Waals surface area contributed by atoms with Gasteiger partial charge in [0.25, 0.3) is 0 Å². The molecule has 0 radical (unpaired) electrons. The maximum absolute atomic E-state index is 13.1. The predicted octanol–water partition coefficient (Wildman–Crippen LogP) is 3.80. The molecule has 0 N–H and O–H groups in total. The minimum Gasteiger partial charge on any atom is -0.497 e. The van der Waals surface area contributed by atoms with Crippen molar-refractivity contribution in [1.82, 2.24) is 0 Å². The first-order valence-electron chi connectivity index (χ1n) is 8.74. The number of esters is 1. The summed E-state index contributed by atoms with van der Waals surface area (Å²) in [6.45, 7) is 0.0743. The Morgan fingerprint density at radius 2 is 1.82 bits per heavy atom. The van der Waals surface area contributed by atoms with E-state index in [2.05, 4.69) is 15.9 Å². The van der Waals surface area contributed by atoms with Gasteiger partial charge in [-0.3, -0.25) is 9.69 Å². The number of amides is 1. The summed E-state index contributed by atoms with van der Waals surface area (Å²) < 4.78 is 17.0. The van der Waals surface area contributed by atoms with Gasteiger partial charge >= 0.3 is 5.97 Å². The Kier molecular flexibility index (Phi) is 4.85. The molecule has 2 aliphatic rings. The zero-order chi connectivity index (χ0) is 19.8. The van der Waals surface area contributed by atoms with E-state index in [1.54, 1.807) is 31.3 Å². The number of hydrogen-bond donors (Lipinski definition) is 0. The Morgan fingerprint density at radius 3 is 2.50 bits per heavy atom. The fourth-order valence-corrected chi connectivity index (χ4v) is 3.98. The highest BCUT2D eigenvalue weighted by atomic mass is 79.9. The molecule has 1 atom stereocenters. The van der Waals surface area contributed by atoms with Crippen molar-refractivity contribution < 1.29 is 23.8 Å². The van der Waals surface area contributed by atoms with Crippen LogP contribution in [0, 0.1) is 0 Å². The highest BCUT2D eigenvalue weighted by Crippen LogP contribution is 2.45. The Morgan fingerprint density at radius 1 is 1.07 bits per heavy atom. The first-order valence-corrected chi connectivity index (χ1v) is 9.53. The van der Waals surface area contributed by atoms with Gasteiger partial charge in [0.05, 0.1) is 25.5 Å². The average molecular weight is 444 g/mol. The van der Waals surface area contributed by atoms with E-state index in [0.29, 0.717) is 28.5 Å². The van der Waals surface area contributed by atoms with Crippen LogP contribution in [0.15, 0.2) is 58.2 Å². The fourth-order valence-electron chi connectivity index (χ4n) is 3.72. The van der Waals surface area contributed by atoms with E-state index in [9.17, 15) is 9.59 Å². The first kappa shape index (κ1) is 18.6. The van der Waals surface area contributed by atoms with Crippen molar-refractivity contribution in [2.75, 3.05) is 25.7 Å². The van der Waals surface area contributed by atoms with Gasteiger partial charge in [-0.2, -0.15) is 0 Å². The molecule has 2 aromatic carbocycles. The molecule has 6 nitrogen and oxygen atoms in total. The molecule has 0 spiro atoms. The maximum Gasteiger partial charge on any atom is 0.336 e. The summed E-state index contributed by atoms with van der Waals surface area (Å²) in [6.07, 6.45) is 0.146. The number of carbonyl (C=O) groups is 2. The molecule has 1 amide bonds. The first-order chi connectivity index (χ1) is 13.5. The van der Waals surface area contributed by atoms with Crippen molar-refractivity contribution in [3.63, 3.8) is 0 Å². The van der Waals surface area contributed by atoms with Crippen LogP contribution in [0.3, 0.4) is 0 Å². The summed E-state index contributed by atoms with van der Waals surface area (Å²) in [4.78, 5) is 27.2. The van der Waals surface area contributed by atoms with Crippen LogP contribution >= 0.6 is 15.9 Å². The van der Waals surface area contributed by atoms with Gasteiger partial charge in [-0.1, -0.05) is 22.0 Å². The van der Waals surface area contributed by atoms with Crippen molar-refractivity contribution in [3.05, 3.63) is 63.8 Å². The topological polar surface area (TPSA) is 65.1 Å². The second-order valence-corrected chi connectivity index (χ2v) is 7.42. The van der Waals surface area contributed by atoms with E-state index in [4.69, 9.17) is 14.2 Å². The minimum atomic E-state index is -0.426. The van der Waals surface area contributed by atoms with Gasteiger partial charge in [-0.15, -0.1) is 0 Å². The third-order valence-corrected chi connectivity index (χ3v) is 5.55. The summed E-state index contributed by atoms with van der Waals surface area (Å²) in [5, 5.41) is 0. The van der Waals surface area contributed by atoms with Crippen LogP contribution in [-0.4, -0.2) is 32.7 Å². The highest BCUT2D eigenvalue weighted by Gasteiger charge is 2.43. The Hall–Kier alpha value is -2.80. The summed E-state index contributed by atoms with van der Waals surface area (Å²) >= 11 is 3.40. The third-order valence-electron chi connectivity index (χ3n) is 5.02. The van der Waals surface area contributed by atoms with Gasteiger partial charge in [-0.05, 0) is 30.3 Å². The molecule has 2 aromatic rings. The molecule has 0 saturated heterocycles. The Bertz CT molecular complexity index is 983. The second-order valence-electron chi connectivity index (χ2n) is 6.51. The number of hydrogen-bond acceptors (Lipinski definition) is 5. The predicted molar refractivity (Wildman–Crippen MR) is 107 cm³/mol. The van der Waals surface area contributed by atoms with Crippen LogP contribution in [-0.2, 0) is 14.3 Å². The van der Waals surface area contributed by atoms with Crippen LogP contribution in [0.1, 0.15) is 17.9 Å². The van der Waals surface area contributed by atoms with Crippen LogP contribution in [0.2, 0.25) is 0 Å². The lowest BCUT2D eigenvalue weighted by molar-refractivity contribution is -0.136. The van der Waals surface area contributed by atoms with Crippen LogP contribution < -0.4 is 14.4 Å². The van der Waals surface area contributed by atoms with Crippen LogP contribution in [0.5, 0.6) is 11.5 Å². The number of carbonyl (C=O) groups excluding carboxylic acids is 2. The largest absolute Gasteiger partial charge is 0.497 e. The molecule has 144 valence electrons. The van der Waals surface area contributed by atoms with Crippen molar-refractivity contribution in [3.8, 4) is 11.5 Å². The Balaban J connectivity index is 1.83. The van der Waals surface area contributed by atoms with Gasteiger partial charge in [0, 0.05) is 34.1 Å². The molecule has 0 aliphatic carbocycles. The number of benzene rings is 2. The zero-order valence-electron chi connectivity index (χ0n) is 15.4.